The van der Waals surface area contributed by atoms with E-state index in [0.717, 1.165) is 33.6 Å². The first-order valence-corrected chi connectivity index (χ1v) is 9.47. The van der Waals surface area contributed by atoms with Crippen LogP contribution in [0, 0.1) is 5.82 Å². The molecule has 0 saturated heterocycles. The second-order valence-corrected chi connectivity index (χ2v) is 6.86. The van der Waals surface area contributed by atoms with Crippen molar-refractivity contribution in [2.75, 3.05) is 7.11 Å². The fourth-order valence-corrected chi connectivity index (χ4v) is 3.60. The second kappa shape index (κ2) is 8.65. The third-order valence-electron chi connectivity index (χ3n) is 5.05. The van der Waals surface area contributed by atoms with E-state index in [2.05, 4.69) is 22.1 Å². The van der Waals surface area contributed by atoms with E-state index < -0.39 is 0 Å². The van der Waals surface area contributed by atoms with Gasteiger partial charge in [0, 0.05) is 30.7 Å². The van der Waals surface area contributed by atoms with Crippen LogP contribution in [0.4, 0.5) is 4.39 Å². The molecule has 4 aromatic rings. The molecule has 0 spiro atoms. The Bertz CT molecular complexity index is 1040. The highest BCUT2D eigenvalue weighted by atomic mass is 19.1. The fourth-order valence-electron chi connectivity index (χ4n) is 3.60. The van der Waals surface area contributed by atoms with Gasteiger partial charge in [-0.25, -0.2) is 4.39 Å². The Hall–Kier alpha value is -3.53. The minimum Gasteiger partial charge on any atom is -0.497 e. The molecule has 2 aromatic heterocycles. The summed E-state index contributed by atoms with van der Waals surface area (Å²) >= 11 is 0. The van der Waals surface area contributed by atoms with Crippen LogP contribution in [0.1, 0.15) is 22.6 Å². The molecule has 0 N–H and O–H groups in total. The number of methoxy groups -OCH3 is 1. The highest BCUT2D eigenvalue weighted by Gasteiger charge is 2.18. The summed E-state index contributed by atoms with van der Waals surface area (Å²) in [6.45, 7) is 0. The first-order chi connectivity index (χ1) is 14.2. The van der Waals surface area contributed by atoms with Gasteiger partial charge in [-0.3, -0.25) is 9.97 Å². The molecule has 2 aromatic carbocycles. The largest absolute Gasteiger partial charge is 0.497 e. The van der Waals surface area contributed by atoms with Crippen molar-refractivity contribution in [3.8, 4) is 16.9 Å². The Balaban J connectivity index is 1.79. The van der Waals surface area contributed by atoms with Crippen LogP contribution in [0.25, 0.3) is 11.1 Å². The van der Waals surface area contributed by atoms with Crippen LogP contribution >= 0.6 is 0 Å². The zero-order valence-electron chi connectivity index (χ0n) is 16.1. The average Bonchev–Trinajstić information content (AvgIpc) is 2.79. The Kier molecular flexibility index (Phi) is 5.61. The van der Waals surface area contributed by atoms with Crippen molar-refractivity contribution in [2.45, 2.75) is 12.3 Å². The van der Waals surface area contributed by atoms with Gasteiger partial charge in [-0.05, 0) is 70.6 Å². The summed E-state index contributed by atoms with van der Waals surface area (Å²) in [6, 6.07) is 20.7. The van der Waals surface area contributed by atoms with Crippen LogP contribution < -0.4 is 4.74 Å². The zero-order chi connectivity index (χ0) is 20.1. The number of aromatic nitrogens is 2. The van der Waals surface area contributed by atoms with Crippen LogP contribution in [-0.2, 0) is 6.42 Å². The Labute approximate surface area is 169 Å². The first kappa shape index (κ1) is 18.8. The van der Waals surface area contributed by atoms with E-state index in [9.17, 15) is 4.39 Å². The van der Waals surface area contributed by atoms with Crippen molar-refractivity contribution in [2.24, 2.45) is 0 Å². The van der Waals surface area contributed by atoms with E-state index in [-0.39, 0.29) is 11.7 Å². The van der Waals surface area contributed by atoms with Gasteiger partial charge in [0.05, 0.1) is 7.11 Å². The summed E-state index contributed by atoms with van der Waals surface area (Å²) < 4.78 is 19.5. The molecule has 0 aliphatic heterocycles. The van der Waals surface area contributed by atoms with E-state index >= 15 is 0 Å². The third kappa shape index (κ3) is 4.32. The van der Waals surface area contributed by atoms with Gasteiger partial charge < -0.3 is 4.74 Å². The highest BCUT2D eigenvalue weighted by molar-refractivity contribution is 5.69. The molecule has 0 radical (unpaired) electrons. The number of nitrogens with zero attached hydrogens (tertiary/aromatic N) is 2. The van der Waals surface area contributed by atoms with E-state index in [4.69, 9.17) is 4.74 Å². The van der Waals surface area contributed by atoms with Gasteiger partial charge in [0.25, 0.3) is 0 Å². The van der Waals surface area contributed by atoms with Gasteiger partial charge in [-0.15, -0.1) is 0 Å². The lowest BCUT2D eigenvalue weighted by atomic mass is 9.85. The zero-order valence-corrected chi connectivity index (χ0v) is 16.1. The number of hydrogen-bond acceptors (Lipinski definition) is 3. The average molecular weight is 384 g/mol. The standard InChI is InChI=1S/C25H21FN2O/c1-29-23-8-2-5-18(13-23)25-15-22(26)10-9-19(25)14-24(20-6-3-11-27-16-20)21-7-4-12-28-17-21/h2-13,15-17,24H,14H2,1H3. The van der Waals surface area contributed by atoms with Gasteiger partial charge in [0.2, 0.25) is 0 Å². The van der Waals surface area contributed by atoms with E-state index in [1.165, 1.54) is 6.07 Å². The number of hydrogen-bond donors (Lipinski definition) is 0. The van der Waals surface area contributed by atoms with Gasteiger partial charge in [-0.1, -0.05) is 30.3 Å². The smallest absolute Gasteiger partial charge is 0.123 e. The van der Waals surface area contributed by atoms with E-state index in [0.29, 0.717) is 6.42 Å². The van der Waals surface area contributed by atoms with Crippen LogP contribution in [0.3, 0.4) is 0 Å². The fraction of sp³-hybridized carbons (Fsp3) is 0.120. The molecular weight excluding hydrogens is 363 g/mol. The Morgan fingerprint density at radius 1 is 0.862 bits per heavy atom. The molecule has 4 heteroatoms. The van der Waals surface area contributed by atoms with E-state index in [1.54, 1.807) is 25.6 Å². The molecule has 0 unspecified atom stereocenters. The Morgan fingerprint density at radius 2 is 1.59 bits per heavy atom. The Morgan fingerprint density at radius 3 is 2.21 bits per heavy atom. The predicted octanol–water partition coefficient (Wildman–Crippen LogP) is 5.67. The SMILES string of the molecule is COc1cccc(-c2cc(F)ccc2CC(c2cccnc2)c2cccnc2)c1. The molecule has 2 heterocycles. The topological polar surface area (TPSA) is 35.0 Å². The van der Waals surface area contributed by atoms with Gasteiger partial charge in [0.15, 0.2) is 0 Å². The maximum atomic E-state index is 14.1. The summed E-state index contributed by atoms with van der Waals surface area (Å²) in [6.07, 6.45) is 8.00. The summed E-state index contributed by atoms with van der Waals surface area (Å²) in [5.41, 5.74) is 5.04. The minimum absolute atomic E-state index is 0.0622. The number of halogens is 1. The molecule has 3 nitrogen and oxygen atoms in total. The summed E-state index contributed by atoms with van der Waals surface area (Å²) in [4.78, 5) is 8.59. The summed E-state index contributed by atoms with van der Waals surface area (Å²) in [5.74, 6) is 0.548. The molecule has 0 aliphatic rings. The van der Waals surface area contributed by atoms with Gasteiger partial charge in [0.1, 0.15) is 11.6 Å². The van der Waals surface area contributed by atoms with Gasteiger partial charge in [-0.2, -0.15) is 0 Å². The van der Waals surface area contributed by atoms with Crippen LogP contribution in [-0.4, -0.2) is 17.1 Å². The molecule has 0 bridgehead atoms. The monoisotopic (exact) mass is 384 g/mol. The molecule has 0 aliphatic carbocycles. The number of benzene rings is 2. The molecule has 0 saturated carbocycles. The minimum atomic E-state index is -0.258. The molecule has 29 heavy (non-hydrogen) atoms. The number of rotatable bonds is 6. The molecule has 0 atom stereocenters. The molecule has 4 rings (SSSR count). The molecular formula is C25H21FN2O. The maximum Gasteiger partial charge on any atom is 0.123 e. The molecule has 0 fully saturated rings. The molecule has 0 amide bonds. The molecule has 144 valence electrons. The van der Waals surface area contributed by atoms with Crippen molar-refractivity contribution in [3.05, 3.63) is 114 Å². The van der Waals surface area contributed by atoms with Crippen molar-refractivity contribution >= 4 is 0 Å². The van der Waals surface area contributed by atoms with Crippen LogP contribution in [0.2, 0.25) is 0 Å². The summed E-state index contributed by atoms with van der Waals surface area (Å²) in [5, 5.41) is 0. The lowest BCUT2D eigenvalue weighted by Gasteiger charge is -2.20. The number of pyridine rings is 2. The number of ether oxygens (including phenoxy) is 1. The summed E-state index contributed by atoms with van der Waals surface area (Å²) in [7, 11) is 1.63. The van der Waals surface area contributed by atoms with Crippen LogP contribution in [0.15, 0.2) is 91.5 Å². The van der Waals surface area contributed by atoms with Crippen molar-refractivity contribution in [3.63, 3.8) is 0 Å². The van der Waals surface area contributed by atoms with Crippen molar-refractivity contribution in [1.82, 2.24) is 9.97 Å². The first-order valence-electron chi connectivity index (χ1n) is 9.47. The quantitative estimate of drug-likeness (QED) is 0.430. The third-order valence-corrected chi connectivity index (χ3v) is 5.05. The van der Waals surface area contributed by atoms with Crippen LogP contribution in [0.5, 0.6) is 5.75 Å². The predicted molar refractivity (Wildman–Crippen MR) is 112 cm³/mol. The van der Waals surface area contributed by atoms with Crippen molar-refractivity contribution in [1.29, 1.82) is 0 Å². The lowest BCUT2D eigenvalue weighted by molar-refractivity contribution is 0.415. The van der Waals surface area contributed by atoms with E-state index in [1.807, 2.05) is 54.9 Å². The normalized spacial score (nSPS) is 10.9. The van der Waals surface area contributed by atoms with Crippen molar-refractivity contribution < 1.29 is 9.13 Å². The van der Waals surface area contributed by atoms with Gasteiger partial charge >= 0.3 is 0 Å². The maximum absolute atomic E-state index is 14.1. The lowest BCUT2D eigenvalue weighted by Crippen LogP contribution is -2.07. The highest BCUT2D eigenvalue weighted by Crippen LogP contribution is 2.34. The second-order valence-electron chi connectivity index (χ2n) is 6.86.